The molecule has 1 fully saturated rings. The lowest BCUT2D eigenvalue weighted by Crippen LogP contribution is -2.20. The maximum atomic E-state index is 5.73. The molecule has 0 unspecified atom stereocenters. The van der Waals surface area contributed by atoms with Gasteiger partial charge >= 0.3 is 0 Å². The normalized spacial score (nSPS) is 16.3. The van der Waals surface area contributed by atoms with Crippen LogP contribution in [0.1, 0.15) is 31.2 Å². The molecule has 1 heterocycles. The van der Waals surface area contributed by atoms with Gasteiger partial charge in [-0.3, -0.25) is 0 Å². The van der Waals surface area contributed by atoms with Crippen LogP contribution in [0.25, 0.3) is 0 Å². The molecule has 2 nitrogen and oxygen atoms in total. The SMILES string of the molecule is Cc1cccc(OCCCCN2CCCC2)c1. The molecule has 0 spiro atoms. The lowest BCUT2D eigenvalue weighted by atomic mass is 10.2. The summed E-state index contributed by atoms with van der Waals surface area (Å²) in [6.45, 7) is 6.80. The molecule has 17 heavy (non-hydrogen) atoms. The summed E-state index contributed by atoms with van der Waals surface area (Å²) in [6.07, 6.45) is 5.19. The van der Waals surface area contributed by atoms with Gasteiger partial charge in [0.1, 0.15) is 5.75 Å². The zero-order valence-corrected chi connectivity index (χ0v) is 10.8. The zero-order chi connectivity index (χ0) is 11.9. The van der Waals surface area contributed by atoms with Gasteiger partial charge in [-0.05, 0) is 69.9 Å². The smallest absolute Gasteiger partial charge is 0.119 e. The highest BCUT2D eigenvalue weighted by Crippen LogP contribution is 2.13. The third-order valence-electron chi connectivity index (χ3n) is 3.33. The first-order valence-electron chi connectivity index (χ1n) is 6.76. The van der Waals surface area contributed by atoms with Crippen LogP contribution in [0.2, 0.25) is 0 Å². The molecule has 1 aliphatic rings. The minimum Gasteiger partial charge on any atom is -0.494 e. The maximum Gasteiger partial charge on any atom is 0.119 e. The lowest BCUT2D eigenvalue weighted by molar-refractivity contribution is 0.279. The van der Waals surface area contributed by atoms with Crippen LogP contribution < -0.4 is 4.74 Å². The van der Waals surface area contributed by atoms with Crippen molar-refractivity contribution in [1.29, 1.82) is 0 Å². The number of rotatable bonds is 6. The summed E-state index contributed by atoms with van der Waals surface area (Å²) in [7, 11) is 0. The van der Waals surface area contributed by atoms with Crippen molar-refractivity contribution >= 4 is 0 Å². The molecule has 1 aromatic rings. The highest BCUT2D eigenvalue weighted by Gasteiger charge is 2.09. The van der Waals surface area contributed by atoms with E-state index in [1.807, 2.05) is 6.07 Å². The molecule has 1 aromatic carbocycles. The molecule has 0 radical (unpaired) electrons. The van der Waals surface area contributed by atoms with Crippen LogP contribution in [0.15, 0.2) is 24.3 Å². The Hall–Kier alpha value is -1.02. The summed E-state index contributed by atoms with van der Waals surface area (Å²) < 4.78 is 5.73. The molecule has 0 N–H and O–H groups in total. The van der Waals surface area contributed by atoms with Crippen molar-refractivity contribution in [2.45, 2.75) is 32.6 Å². The van der Waals surface area contributed by atoms with Gasteiger partial charge in [0.05, 0.1) is 6.61 Å². The second-order valence-electron chi connectivity index (χ2n) is 4.92. The van der Waals surface area contributed by atoms with E-state index in [1.54, 1.807) is 0 Å². The average molecular weight is 233 g/mol. The van der Waals surface area contributed by atoms with Gasteiger partial charge in [-0.15, -0.1) is 0 Å². The van der Waals surface area contributed by atoms with Gasteiger partial charge in [-0.2, -0.15) is 0 Å². The van der Waals surface area contributed by atoms with Gasteiger partial charge in [0.15, 0.2) is 0 Å². The number of aryl methyl sites for hydroxylation is 1. The number of benzene rings is 1. The number of nitrogens with zero attached hydrogens (tertiary/aromatic N) is 1. The van der Waals surface area contributed by atoms with Crippen molar-refractivity contribution in [3.63, 3.8) is 0 Å². The van der Waals surface area contributed by atoms with Crippen molar-refractivity contribution in [2.24, 2.45) is 0 Å². The Kier molecular flexibility index (Phi) is 4.87. The van der Waals surface area contributed by atoms with E-state index in [4.69, 9.17) is 4.74 Å². The van der Waals surface area contributed by atoms with Crippen molar-refractivity contribution in [2.75, 3.05) is 26.2 Å². The molecule has 2 heteroatoms. The summed E-state index contributed by atoms with van der Waals surface area (Å²) in [5.74, 6) is 1.01. The van der Waals surface area contributed by atoms with Crippen molar-refractivity contribution in [3.8, 4) is 5.75 Å². The van der Waals surface area contributed by atoms with Gasteiger partial charge < -0.3 is 9.64 Å². The van der Waals surface area contributed by atoms with E-state index in [1.165, 1.54) is 44.5 Å². The van der Waals surface area contributed by atoms with Crippen LogP contribution >= 0.6 is 0 Å². The molecular formula is C15H23NO. The highest BCUT2D eigenvalue weighted by molar-refractivity contribution is 5.27. The number of ether oxygens (including phenoxy) is 1. The Balaban J connectivity index is 1.56. The van der Waals surface area contributed by atoms with Gasteiger partial charge in [0.2, 0.25) is 0 Å². The van der Waals surface area contributed by atoms with E-state index in [-0.39, 0.29) is 0 Å². The largest absolute Gasteiger partial charge is 0.494 e. The first-order chi connectivity index (χ1) is 8.34. The monoisotopic (exact) mass is 233 g/mol. The average Bonchev–Trinajstić information content (AvgIpc) is 2.82. The Morgan fingerprint density at radius 1 is 1.18 bits per heavy atom. The third kappa shape index (κ3) is 4.39. The van der Waals surface area contributed by atoms with E-state index in [9.17, 15) is 0 Å². The Bertz CT molecular complexity index is 331. The molecule has 0 bridgehead atoms. The predicted molar refractivity (Wildman–Crippen MR) is 71.6 cm³/mol. The zero-order valence-electron chi connectivity index (χ0n) is 10.8. The van der Waals surface area contributed by atoms with Crippen LogP contribution in [-0.2, 0) is 0 Å². The fraction of sp³-hybridized carbons (Fsp3) is 0.600. The summed E-state index contributed by atoms with van der Waals surface area (Å²) in [4.78, 5) is 2.56. The number of hydrogen-bond acceptors (Lipinski definition) is 2. The van der Waals surface area contributed by atoms with Crippen LogP contribution in [0.5, 0.6) is 5.75 Å². The summed E-state index contributed by atoms with van der Waals surface area (Å²) in [6, 6.07) is 8.28. The molecule has 2 rings (SSSR count). The topological polar surface area (TPSA) is 12.5 Å². The Morgan fingerprint density at radius 3 is 2.76 bits per heavy atom. The van der Waals surface area contributed by atoms with Gasteiger partial charge in [0, 0.05) is 0 Å². The molecular weight excluding hydrogens is 210 g/mol. The first kappa shape index (κ1) is 12.4. The van der Waals surface area contributed by atoms with Crippen LogP contribution in [-0.4, -0.2) is 31.1 Å². The van der Waals surface area contributed by atoms with E-state index in [2.05, 4.69) is 30.0 Å². The molecule has 0 saturated carbocycles. The highest BCUT2D eigenvalue weighted by atomic mass is 16.5. The quantitative estimate of drug-likeness (QED) is 0.699. The molecule has 1 aliphatic heterocycles. The molecule has 0 amide bonds. The number of hydrogen-bond donors (Lipinski definition) is 0. The van der Waals surface area contributed by atoms with E-state index >= 15 is 0 Å². The van der Waals surface area contributed by atoms with E-state index < -0.39 is 0 Å². The van der Waals surface area contributed by atoms with Gasteiger partial charge in [-0.1, -0.05) is 12.1 Å². The molecule has 0 atom stereocenters. The van der Waals surface area contributed by atoms with Crippen molar-refractivity contribution in [1.82, 2.24) is 4.90 Å². The van der Waals surface area contributed by atoms with E-state index in [0.717, 1.165) is 18.8 Å². The van der Waals surface area contributed by atoms with Crippen LogP contribution in [0.3, 0.4) is 0 Å². The van der Waals surface area contributed by atoms with Gasteiger partial charge in [-0.25, -0.2) is 0 Å². The second-order valence-corrected chi connectivity index (χ2v) is 4.92. The second kappa shape index (κ2) is 6.65. The number of unbranched alkanes of at least 4 members (excludes halogenated alkanes) is 1. The standard InChI is InChI=1S/C15H23NO/c1-14-7-6-8-15(13-14)17-12-5-4-11-16-9-2-3-10-16/h6-8,13H,2-5,9-12H2,1H3. The van der Waals surface area contributed by atoms with Crippen LogP contribution in [0.4, 0.5) is 0 Å². The molecule has 0 aromatic heterocycles. The third-order valence-corrected chi connectivity index (χ3v) is 3.33. The fourth-order valence-corrected chi connectivity index (χ4v) is 2.34. The Labute approximate surface area is 105 Å². The van der Waals surface area contributed by atoms with Gasteiger partial charge in [0.25, 0.3) is 0 Å². The summed E-state index contributed by atoms with van der Waals surface area (Å²) in [5, 5.41) is 0. The van der Waals surface area contributed by atoms with Crippen molar-refractivity contribution in [3.05, 3.63) is 29.8 Å². The minimum absolute atomic E-state index is 0.845. The maximum absolute atomic E-state index is 5.73. The van der Waals surface area contributed by atoms with E-state index in [0.29, 0.717) is 0 Å². The molecule has 0 aliphatic carbocycles. The predicted octanol–water partition coefficient (Wildman–Crippen LogP) is 3.25. The van der Waals surface area contributed by atoms with Crippen LogP contribution in [0, 0.1) is 6.92 Å². The number of likely N-dealkylation sites (tertiary alicyclic amines) is 1. The summed E-state index contributed by atoms with van der Waals surface area (Å²) in [5.41, 5.74) is 1.26. The minimum atomic E-state index is 0.845. The Morgan fingerprint density at radius 2 is 2.00 bits per heavy atom. The fourth-order valence-electron chi connectivity index (χ4n) is 2.34. The lowest BCUT2D eigenvalue weighted by Gasteiger charge is -2.14. The molecule has 1 saturated heterocycles. The first-order valence-corrected chi connectivity index (χ1v) is 6.76. The van der Waals surface area contributed by atoms with Crippen molar-refractivity contribution < 1.29 is 4.74 Å². The molecule has 94 valence electrons. The summed E-state index contributed by atoms with van der Waals surface area (Å²) >= 11 is 0.